The Morgan fingerprint density at radius 1 is 1.42 bits per heavy atom. The number of hydrogen-bond donors (Lipinski definition) is 1. The lowest BCUT2D eigenvalue weighted by Gasteiger charge is -2.21. The Balaban J connectivity index is 1.61. The molecule has 0 aromatic heterocycles. The summed E-state index contributed by atoms with van der Waals surface area (Å²) in [6.45, 7) is 4.12. The van der Waals surface area contributed by atoms with Crippen molar-refractivity contribution < 1.29 is 4.79 Å². The quantitative estimate of drug-likeness (QED) is 0.904. The predicted octanol–water partition coefficient (Wildman–Crippen LogP) is 2.67. The Morgan fingerprint density at radius 2 is 2.26 bits per heavy atom. The van der Waals surface area contributed by atoms with Crippen molar-refractivity contribution in [2.45, 2.75) is 38.6 Å². The second-order valence-electron chi connectivity index (χ2n) is 5.79. The minimum Gasteiger partial charge on any atom is -0.373 e. The average molecular weight is 258 g/mol. The molecule has 1 saturated heterocycles. The van der Waals surface area contributed by atoms with Crippen molar-refractivity contribution in [3.05, 3.63) is 29.8 Å². The molecule has 2 unspecified atom stereocenters. The molecule has 1 fully saturated rings. The Kier molecular flexibility index (Phi) is 3.45. The molecule has 1 N–H and O–H groups in total. The van der Waals surface area contributed by atoms with E-state index in [0.29, 0.717) is 0 Å². The second kappa shape index (κ2) is 5.24. The van der Waals surface area contributed by atoms with Crippen molar-refractivity contribution in [2.75, 3.05) is 18.4 Å². The lowest BCUT2D eigenvalue weighted by atomic mass is 10.0. The van der Waals surface area contributed by atoms with Gasteiger partial charge in [0, 0.05) is 25.2 Å². The molecule has 102 valence electrons. The molecule has 1 amide bonds. The summed E-state index contributed by atoms with van der Waals surface area (Å²) >= 11 is 0. The van der Waals surface area contributed by atoms with E-state index in [9.17, 15) is 4.79 Å². The van der Waals surface area contributed by atoms with E-state index in [1.807, 2.05) is 12.1 Å². The smallest absolute Gasteiger partial charge is 0.245 e. The molecule has 3 nitrogen and oxygen atoms in total. The molecule has 2 atom stereocenters. The summed E-state index contributed by atoms with van der Waals surface area (Å²) in [6.07, 6.45) is 4.49. The Bertz CT molecular complexity index is 447. The first-order chi connectivity index (χ1) is 9.28. The van der Waals surface area contributed by atoms with E-state index >= 15 is 0 Å². The van der Waals surface area contributed by atoms with Gasteiger partial charge in [-0.2, -0.15) is 0 Å². The molecule has 1 aromatic carbocycles. The fraction of sp³-hybridized carbons (Fsp3) is 0.562. The number of likely N-dealkylation sites (tertiary alicyclic amines) is 1. The maximum atomic E-state index is 12.5. The van der Waals surface area contributed by atoms with E-state index in [1.165, 1.54) is 24.8 Å². The lowest BCUT2D eigenvalue weighted by molar-refractivity contribution is -0.130. The number of rotatable bonds is 3. The number of nitrogens with zero attached hydrogens (tertiary/aromatic N) is 1. The largest absolute Gasteiger partial charge is 0.373 e. The number of anilines is 1. The highest BCUT2D eigenvalue weighted by atomic mass is 16.2. The Morgan fingerprint density at radius 3 is 3.05 bits per heavy atom. The highest BCUT2D eigenvalue weighted by molar-refractivity contribution is 5.87. The van der Waals surface area contributed by atoms with Crippen molar-refractivity contribution in [1.29, 1.82) is 0 Å². The monoisotopic (exact) mass is 258 g/mol. The highest BCUT2D eigenvalue weighted by Gasteiger charge is 2.33. The number of benzene rings is 1. The van der Waals surface area contributed by atoms with Gasteiger partial charge in [-0.05, 0) is 30.4 Å². The van der Waals surface area contributed by atoms with Crippen LogP contribution in [0.15, 0.2) is 24.3 Å². The number of amides is 1. The first-order valence-corrected chi connectivity index (χ1v) is 7.41. The number of para-hydroxylation sites is 1. The van der Waals surface area contributed by atoms with Crippen molar-refractivity contribution in [2.24, 2.45) is 5.92 Å². The molecular weight excluding hydrogens is 236 g/mol. The number of hydrogen-bond acceptors (Lipinski definition) is 2. The van der Waals surface area contributed by atoms with Gasteiger partial charge in [-0.15, -0.1) is 0 Å². The fourth-order valence-corrected chi connectivity index (χ4v) is 3.34. The van der Waals surface area contributed by atoms with Gasteiger partial charge >= 0.3 is 0 Å². The van der Waals surface area contributed by atoms with Gasteiger partial charge in [0.15, 0.2) is 0 Å². The molecule has 3 rings (SSSR count). The van der Waals surface area contributed by atoms with Gasteiger partial charge in [0.25, 0.3) is 0 Å². The third-order valence-corrected chi connectivity index (χ3v) is 4.36. The topological polar surface area (TPSA) is 32.3 Å². The second-order valence-corrected chi connectivity index (χ2v) is 5.79. The molecule has 19 heavy (non-hydrogen) atoms. The van der Waals surface area contributed by atoms with Crippen LogP contribution in [-0.4, -0.2) is 29.9 Å². The van der Waals surface area contributed by atoms with Crippen LogP contribution >= 0.6 is 0 Å². The van der Waals surface area contributed by atoms with Gasteiger partial charge < -0.3 is 10.2 Å². The van der Waals surface area contributed by atoms with Crippen molar-refractivity contribution >= 4 is 11.6 Å². The standard InChI is InChI=1S/C16H22N2O/c1-2-5-12-8-9-18(11-12)16(19)15-10-13-6-3-4-7-14(13)17-15/h3-4,6-7,12,15,17H,2,5,8-11H2,1H3. The molecular formula is C16H22N2O. The van der Waals surface area contributed by atoms with E-state index in [4.69, 9.17) is 0 Å². The number of carbonyl (C=O) groups is 1. The van der Waals surface area contributed by atoms with Crippen LogP contribution in [0, 0.1) is 5.92 Å². The minimum atomic E-state index is -0.0437. The molecule has 3 heteroatoms. The van der Waals surface area contributed by atoms with Crippen LogP contribution in [0.4, 0.5) is 5.69 Å². The Hall–Kier alpha value is -1.51. The van der Waals surface area contributed by atoms with Crippen LogP contribution in [0.25, 0.3) is 0 Å². The molecule has 0 saturated carbocycles. The maximum absolute atomic E-state index is 12.5. The van der Waals surface area contributed by atoms with E-state index in [0.717, 1.165) is 31.1 Å². The first kappa shape index (κ1) is 12.5. The molecule has 2 aliphatic heterocycles. The minimum absolute atomic E-state index is 0.0437. The van der Waals surface area contributed by atoms with E-state index in [-0.39, 0.29) is 11.9 Å². The molecule has 2 heterocycles. The molecule has 0 spiro atoms. The maximum Gasteiger partial charge on any atom is 0.245 e. The van der Waals surface area contributed by atoms with Crippen LogP contribution in [-0.2, 0) is 11.2 Å². The lowest BCUT2D eigenvalue weighted by Crippen LogP contribution is -2.40. The zero-order valence-electron chi connectivity index (χ0n) is 11.6. The molecule has 0 aliphatic carbocycles. The van der Waals surface area contributed by atoms with Crippen molar-refractivity contribution in [3.8, 4) is 0 Å². The Labute approximate surface area is 115 Å². The molecule has 1 aromatic rings. The van der Waals surface area contributed by atoms with Gasteiger partial charge in [-0.1, -0.05) is 31.5 Å². The molecule has 2 aliphatic rings. The number of fused-ring (bicyclic) bond motifs is 1. The van der Waals surface area contributed by atoms with Crippen molar-refractivity contribution in [3.63, 3.8) is 0 Å². The fourth-order valence-electron chi connectivity index (χ4n) is 3.34. The number of nitrogens with one attached hydrogen (secondary N) is 1. The van der Waals surface area contributed by atoms with Gasteiger partial charge in [0.1, 0.15) is 6.04 Å². The van der Waals surface area contributed by atoms with Gasteiger partial charge in [-0.25, -0.2) is 0 Å². The summed E-state index contributed by atoms with van der Waals surface area (Å²) in [4.78, 5) is 14.6. The van der Waals surface area contributed by atoms with Crippen LogP contribution < -0.4 is 5.32 Å². The number of carbonyl (C=O) groups excluding carboxylic acids is 1. The van der Waals surface area contributed by atoms with Crippen LogP contribution in [0.5, 0.6) is 0 Å². The SMILES string of the molecule is CCCC1CCN(C(=O)C2Cc3ccccc3N2)C1. The molecule has 0 bridgehead atoms. The summed E-state index contributed by atoms with van der Waals surface area (Å²) in [6, 6.07) is 8.19. The third-order valence-electron chi connectivity index (χ3n) is 4.36. The van der Waals surface area contributed by atoms with E-state index in [2.05, 4.69) is 29.3 Å². The summed E-state index contributed by atoms with van der Waals surface area (Å²) in [5.74, 6) is 1.01. The summed E-state index contributed by atoms with van der Waals surface area (Å²) in [7, 11) is 0. The summed E-state index contributed by atoms with van der Waals surface area (Å²) < 4.78 is 0. The van der Waals surface area contributed by atoms with Crippen LogP contribution in [0.3, 0.4) is 0 Å². The highest BCUT2D eigenvalue weighted by Crippen LogP contribution is 2.28. The summed E-state index contributed by atoms with van der Waals surface area (Å²) in [5.41, 5.74) is 2.40. The zero-order chi connectivity index (χ0) is 13.2. The van der Waals surface area contributed by atoms with Gasteiger partial charge in [-0.3, -0.25) is 4.79 Å². The molecule has 0 radical (unpaired) electrons. The normalized spacial score (nSPS) is 25.2. The first-order valence-electron chi connectivity index (χ1n) is 7.41. The van der Waals surface area contributed by atoms with E-state index in [1.54, 1.807) is 0 Å². The zero-order valence-corrected chi connectivity index (χ0v) is 11.6. The average Bonchev–Trinajstić information content (AvgIpc) is 3.04. The summed E-state index contributed by atoms with van der Waals surface area (Å²) in [5, 5.41) is 3.37. The van der Waals surface area contributed by atoms with Gasteiger partial charge in [0.2, 0.25) is 5.91 Å². The van der Waals surface area contributed by atoms with Crippen molar-refractivity contribution in [1.82, 2.24) is 4.90 Å². The predicted molar refractivity (Wildman–Crippen MR) is 77.2 cm³/mol. The van der Waals surface area contributed by atoms with E-state index < -0.39 is 0 Å². The van der Waals surface area contributed by atoms with Gasteiger partial charge in [0.05, 0.1) is 0 Å². The van der Waals surface area contributed by atoms with Crippen LogP contribution in [0.1, 0.15) is 31.7 Å². The third kappa shape index (κ3) is 2.46. The van der Waals surface area contributed by atoms with Crippen LogP contribution in [0.2, 0.25) is 0 Å².